The van der Waals surface area contributed by atoms with Crippen molar-refractivity contribution >= 4 is 45.3 Å². The van der Waals surface area contributed by atoms with Crippen LogP contribution in [0.25, 0.3) is 0 Å². The van der Waals surface area contributed by atoms with E-state index in [0.29, 0.717) is 17.3 Å². The van der Waals surface area contributed by atoms with Gasteiger partial charge in [-0.1, -0.05) is 30.3 Å². The number of hydrogen-bond acceptors (Lipinski definition) is 6. The fourth-order valence-corrected chi connectivity index (χ4v) is 5.34. The minimum Gasteiger partial charge on any atom is -0.497 e. The van der Waals surface area contributed by atoms with E-state index in [1.165, 1.54) is 11.3 Å². The summed E-state index contributed by atoms with van der Waals surface area (Å²) < 4.78 is 10.5. The summed E-state index contributed by atoms with van der Waals surface area (Å²) in [6.45, 7) is 5.48. The van der Waals surface area contributed by atoms with Crippen LogP contribution in [0.2, 0.25) is 0 Å². The SMILES string of the molecule is CCOC(=O)c1cc(Cc2ccccc2)sc1NC(=S)N1CCN(c2ccc(OC)cc2)CC1. The molecule has 0 amide bonds. The Labute approximate surface area is 210 Å². The van der Waals surface area contributed by atoms with Gasteiger partial charge in [-0.15, -0.1) is 11.3 Å². The molecule has 4 rings (SSSR count). The van der Waals surface area contributed by atoms with Crippen molar-refractivity contribution in [1.82, 2.24) is 4.90 Å². The van der Waals surface area contributed by atoms with Crippen LogP contribution >= 0.6 is 23.6 Å². The molecule has 3 aromatic rings. The number of hydrogen-bond donors (Lipinski definition) is 1. The molecule has 2 aromatic carbocycles. The summed E-state index contributed by atoms with van der Waals surface area (Å²) in [5.41, 5.74) is 2.91. The number of anilines is 2. The number of ether oxygens (including phenoxy) is 2. The van der Waals surface area contributed by atoms with E-state index in [0.717, 1.165) is 48.2 Å². The van der Waals surface area contributed by atoms with Crippen LogP contribution in [0.5, 0.6) is 5.75 Å². The second-order valence-corrected chi connectivity index (χ2v) is 9.46. The molecule has 34 heavy (non-hydrogen) atoms. The average molecular weight is 496 g/mol. The van der Waals surface area contributed by atoms with Gasteiger partial charge in [0.25, 0.3) is 0 Å². The standard InChI is InChI=1S/C26H29N3O3S2/c1-3-32-25(30)23-18-22(17-19-7-5-4-6-8-19)34-24(23)27-26(33)29-15-13-28(14-16-29)20-9-11-21(31-2)12-10-20/h4-12,18H,3,13-17H2,1-2H3,(H,27,33). The average Bonchev–Trinajstić information content (AvgIpc) is 3.27. The zero-order chi connectivity index (χ0) is 23.9. The van der Waals surface area contributed by atoms with Gasteiger partial charge in [0, 0.05) is 43.2 Å². The summed E-state index contributed by atoms with van der Waals surface area (Å²) in [6.07, 6.45) is 0.757. The number of nitrogens with one attached hydrogen (secondary N) is 1. The molecule has 0 spiro atoms. The minimum atomic E-state index is -0.326. The maximum atomic E-state index is 12.6. The summed E-state index contributed by atoms with van der Waals surface area (Å²) in [4.78, 5) is 18.2. The third kappa shape index (κ3) is 5.87. The van der Waals surface area contributed by atoms with E-state index in [9.17, 15) is 4.79 Å². The Morgan fingerprint density at radius 3 is 2.41 bits per heavy atom. The number of methoxy groups -OCH3 is 1. The highest BCUT2D eigenvalue weighted by Crippen LogP contribution is 2.31. The van der Waals surface area contributed by atoms with Gasteiger partial charge in [-0.25, -0.2) is 4.79 Å². The van der Waals surface area contributed by atoms with Gasteiger partial charge in [-0.2, -0.15) is 0 Å². The lowest BCUT2D eigenvalue weighted by Crippen LogP contribution is -2.50. The molecule has 0 saturated carbocycles. The molecule has 1 aliphatic rings. The van der Waals surface area contributed by atoms with Crippen molar-refractivity contribution in [2.45, 2.75) is 13.3 Å². The first-order chi connectivity index (χ1) is 16.6. The quantitative estimate of drug-likeness (QED) is 0.364. The van der Waals surface area contributed by atoms with Gasteiger partial charge in [-0.3, -0.25) is 0 Å². The molecular weight excluding hydrogens is 466 g/mol. The third-order valence-electron chi connectivity index (χ3n) is 5.72. The summed E-state index contributed by atoms with van der Waals surface area (Å²) in [7, 11) is 1.67. The predicted molar refractivity (Wildman–Crippen MR) is 143 cm³/mol. The van der Waals surface area contributed by atoms with Crippen LogP contribution in [-0.4, -0.2) is 55.9 Å². The molecule has 1 aromatic heterocycles. The third-order valence-corrected chi connectivity index (χ3v) is 7.14. The Bertz CT molecular complexity index is 1110. The number of thiophene rings is 1. The van der Waals surface area contributed by atoms with Crippen molar-refractivity contribution in [3.8, 4) is 5.75 Å². The number of carbonyl (C=O) groups excluding carboxylic acids is 1. The minimum absolute atomic E-state index is 0.326. The van der Waals surface area contributed by atoms with E-state index in [2.05, 4.69) is 39.4 Å². The summed E-state index contributed by atoms with van der Waals surface area (Å²) in [5, 5.41) is 4.71. The molecule has 178 valence electrons. The van der Waals surface area contributed by atoms with E-state index in [4.69, 9.17) is 21.7 Å². The molecule has 6 nitrogen and oxygen atoms in total. The van der Waals surface area contributed by atoms with E-state index in [1.54, 1.807) is 18.4 Å². The highest BCUT2D eigenvalue weighted by atomic mass is 32.1. The van der Waals surface area contributed by atoms with Gasteiger partial charge in [0.05, 0.1) is 19.3 Å². The van der Waals surface area contributed by atoms with Crippen LogP contribution in [0, 0.1) is 0 Å². The van der Waals surface area contributed by atoms with Crippen LogP contribution in [0.15, 0.2) is 60.7 Å². The zero-order valence-electron chi connectivity index (χ0n) is 19.5. The number of esters is 1. The van der Waals surface area contributed by atoms with Gasteiger partial charge < -0.3 is 24.6 Å². The molecule has 1 saturated heterocycles. The van der Waals surface area contributed by atoms with Gasteiger partial charge in [-0.05, 0) is 55.0 Å². The van der Waals surface area contributed by atoms with Crippen molar-refractivity contribution in [2.24, 2.45) is 0 Å². The lowest BCUT2D eigenvalue weighted by molar-refractivity contribution is 0.0528. The van der Waals surface area contributed by atoms with Crippen molar-refractivity contribution in [2.75, 3.05) is 50.1 Å². The maximum Gasteiger partial charge on any atom is 0.341 e. The highest BCUT2D eigenvalue weighted by molar-refractivity contribution is 7.80. The monoisotopic (exact) mass is 495 g/mol. The van der Waals surface area contributed by atoms with Crippen LogP contribution < -0.4 is 15.0 Å². The number of rotatable bonds is 7. The molecule has 1 aliphatic heterocycles. The molecule has 0 atom stereocenters. The van der Waals surface area contributed by atoms with E-state index < -0.39 is 0 Å². The molecular formula is C26H29N3O3S2. The summed E-state index contributed by atoms with van der Waals surface area (Å²) in [6, 6.07) is 20.3. The van der Waals surface area contributed by atoms with Gasteiger partial charge in [0.2, 0.25) is 0 Å². The summed E-state index contributed by atoms with van der Waals surface area (Å²) >= 11 is 7.28. The van der Waals surface area contributed by atoms with E-state index in [-0.39, 0.29) is 5.97 Å². The van der Waals surface area contributed by atoms with Gasteiger partial charge >= 0.3 is 5.97 Å². The zero-order valence-corrected chi connectivity index (χ0v) is 21.1. The second kappa shape index (κ2) is 11.4. The smallest absolute Gasteiger partial charge is 0.341 e. The Morgan fingerprint density at radius 1 is 1.06 bits per heavy atom. The lowest BCUT2D eigenvalue weighted by Gasteiger charge is -2.37. The molecule has 8 heteroatoms. The maximum absolute atomic E-state index is 12.6. The van der Waals surface area contributed by atoms with E-state index in [1.807, 2.05) is 43.3 Å². The Hall–Kier alpha value is -3.10. The molecule has 0 aliphatic carbocycles. The second-order valence-electron chi connectivity index (χ2n) is 7.94. The number of thiocarbonyl (C=S) groups is 1. The summed E-state index contributed by atoms with van der Waals surface area (Å²) in [5.74, 6) is 0.528. The predicted octanol–water partition coefficient (Wildman–Crippen LogP) is 5.04. The van der Waals surface area contributed by atoms with Crippen molar-refractivity contribution < 1.29 is 14.3 Å². The first-order valence-corrected chi connectivity index (χ1v) is 12.6. The topological polar surface area (TPSA) is 54.0 Å². The molecule has 1 fully saturated rings. The lowest BCUT2D eigenvalue weighted by atomic mass is 10.1. The largest absolute Gasteiger partial charge is 0.497 e. The number of piperazine rings is 1. The fraction of sp³-hybridized carbons (Fsp3) is 0.308. The fourth-order valence-electron chi connectivity index (χ4n) is 3.92. The Balaban J connectivity index is 1.41. The molecule has 0 bridgehead atoms. The molecule has 0 unspecified atom stereocenters. The van der Waals surface area contributed by atoms with Crippen molar-refractivity contribution in [1.29, 1.82) is 0 Å². The normalized spacial score (nSPS) is 13.5. The Morgan fingerprint density at radius 2 is 1.76 bits per heavy atom. The van der Waals surface area contributed by atoms with Crippen molar-refractivity contribution in [3.63, 3.8) is 0 Å². The Kier molecular flexibility index (Phi) is 8.03. The van der Waals surface area contributed by atoms with Crippen LogP contribution in [0.3, 0.4) is 0 Å². The van der Waals surface area contributed by atoms with Crippen LogP contribution in [-0.2, 0) is 11.2 Å². The first-order valence-electron chi connectivity index (χ1n) is 11.4. The first kappa shape index (κ1) is 24.0. The number of carbonyl (C=O) groups is 1. The van der Waals surface area contributed by atoms with Crippen molar-refractivity contribution in [3.05, 3.63) is 76.7 Å². The van der Waals surface area contributed by atoms with Crippen LogP contribution in [0.4, 0.5) is 10.7 Å². The van der Waals surface area contributed by atoms with Gasteiger partial charge in [0.15, 0.2) is 5.11 Å². The number of benzene rings is 2. The highest BCUT2D eigenvalue weighted by Gasteiger charge is 2.23. The van der Waals surface area contributed by atoms with Crippen LogP contribution in [0.1, 0.15) is 27.7 Å². The molecule has 1 N–H and O–H groups in total. The molecule has 2 heterocycles. The van der Waals surface area contributed by atoms with E-state index >= 15 is 0 Å². The van der Waals surface area contributed by atoms with Gasteiger partial charge in [0.1, 0.15) is 10.8 Å². The number of nitrogens with zero attached hydrogens (tertiary/aromatic N) is 2. The molecule has 0 radical (unpaired) electrons.